The maximum absolute atomic E-state index is 11.6. The van der Waals surface area contributed by atoms with Crippen molar-refractivity contribution in [2.24, 2.45) is 5.92 Å². The Bertz CT molecular complexity index is 327. The quantitative estimate of drug-likeness (QED) is 0.775. The first-order valence-corrected chi connectivity index (χ1v) is 4.93. The molecule has 1 N–H and O–H groups in total. The van der Waals surface area contributed by atoms with E-state index in [9.17, 15) is 4.79 Å². The standard InChI is InChI=1S/C12H16O3/c1-8(2)11(12(14)15-3)9-4-6-10(13)7-5-9/h4-8,11,13H,1-3H3/t11-/m0/s1. The van der Waals surface area contributed by atoms with Gasteiger partial charge in [-0.3, -0.25) is 4.79 Å². The summed E-state index contributed by atoms with van der Waals surface area (Å²) in [6, 6.07) is 6.65. The Labute approximate surface area is 89.7 Å². The van der Waals surface area contributed by atoms with Gasteiger partial charge in [-0.25, -0.2) is 0 Å². The number of hydrogen-bond donors (Lipinski definition) is 1. The van der Waals surface area contributed by atoms with E-state index in [-0.39, 0.29) is 23.6 Å². The number of hydrogen-bond acceptors (Lipinski definition) is 3. The smallest absolute Gasteiger partial charge is 0.313 e. The van der Waals surface area contributed by atoms with Gasteiger partial charge in [0.2, 0.25) is 0 Å². The summed E-state index contributed by atoms with van der Waals surface area (Å²) in [5, 5.41) is 9.16. The van der Waals surface area contributed by atoms with Crippen LogP contribution in [0.3, 0.4) is 0 Å². The molecule has 1 aromatic rings. The van der Waals surface area contributed by atoms with E-state index in [1.165, 1.54) is 7.11 Å². The molecule has 0 amide bonds. The minimum atomic E-state index is -0.268. The summed E-state index contributed by atoms with van der Waals surface area (Å²) >= 11 is 0. The van der Waals surface area contributed by atoms with Gasteiger partial charge in [0.05, 0.1) is 13.0 Å². The summed E-state index contributed by atoms with van der Waals surface area (Å²) in [7, 11) is 1.39. The molecule has 1 rings (SSSR count). The molecule has 3 heteroatoms. The third-order valence-electron chi connectivity index (χ3n) is 2.37. The Balaban J connectivity index is 2.99. The van der Waals surface area contributed by atoms with E-state index in [4.69, 9.17) is 9.84 Å². The molecule has 15 heavy (non-hydrogen) atoms. The fourth-order valence-electron chi connectivity index (χ4n) is 1.60. The zero-order chi connectivity index (χ0) is 11.4. The number of methoxy groups -OCH3 is 1. The predicted molar refractivity (Wildman–Crippen MR) is 57.7 cm³/mol. The summed E-state index contributed by atoms with van der Waals surface area (Å²) in [4.78, 5) is 11.6. The monoisotopic (exact) mass is 208 g/mol. The second-order valence-electron chi connectivity index (χ2n) is 3.84. The van der Waals surface area contributed by atoms with Gasteiger partial charge in [0.25, 0.3) is 0 Å². The van der Waals surface area contributed by atoms with Gasteiger partial charge in [-0.2, -0.15) is 0 Å². The Morgan fingerprint density at radius 1 is 1.27 bits per heavy atom. The molecule has 3 nitrogen and oxygen atoms in total. The van der Waals surface area contributed by atoms with E-state index in [1.807, 2.05) is 13.8 Å². The molecule has 0 radical (unpaired) electrons. The van der Waals surface area contributed by atoms with Gasteiger partial charge < -0.3 is 9.84 Å². The Morgan fingerprint density at radius 3 is 2.20 bits per heavy atom. The molecule has 0 aromatic heterocycles. The SMILES string of the molecule is COC(=O)[C@H](c1ccc(O)cc1)C(C)C. The van der Waals surface area contributed by atoms with Crippen LogP contribution in [0.4, 0.5) is 0 Å². The third-order valence-corrected chi connectivity index (χ3v) is 2.37. The third kappa shape index (κ3) is 2.72. The first-order valence-electron chi connectivity index (χ1n) is 4.93. The molecule has 0 bridgehead atoms. The van der Waals surface area contributed by atoms with E-state index < -0.39 is 0 Å². The number of carbonyl (C=O) groups is 1. The van der Waals surface area contributed by atoms with Crippen LogP contribution >= 0.6 is 0 Å². The molecule has 0 aliphatic heterocycles. The molecular weight excluding hydrogens is 192 g/mol. The first-order chi connectivity index (χ1) is 7.06. The second-order valence-corrected chi connectivity index (χ2v) is 3.84. The highest BCUT2D eigenvalue weighted by Gasteiger charge is 2.24. The highest BCUT2D eigenvalue weighted by Crippen LogP contribution is 2.26. The normalized spacial score (nSPS) is 12.5. The van der Waals surface area contributed by atoms with E-state index >= 15 is 0 Å². The highest BCUT2D eigenvalue weighted by molar-refractivity contribution is 5.78. The van der Waals surface area contributed by atoms with Gasteiger partial charge in [-0.05, 0) is 23.6 Å². The van der Waals surface area contributed by atoms with Crippen molar-refractivity contribution in [1.82, 2.24) is 0 Å². The largest absolute Gasteiger partial charge is 0.508 e. The number of carbonyl (C=O) groups excluding carboxylic acids is 1. The van der Waals surface area contributed by atoms with Crippen LogP contribution in [0.1, 0.15) is 25.3 Å². The fourth-order valence-corrected chi connectivity index (χ4v) is 1.60. The van der Waals surface area contributed by atoms with Crippen LogP contribution < -0.4 is 0 Å². The zero-order valence-corrected chi connectivity index (χ0v) is 9.23. The van der Waals surface area contributed by atoms with E-state index in [0.29, 0.717) is 0 Å². The van der Waals surface area contributed by atoms with Crippen molar-refractivity contribution in [2.45, 2.75) is 19.8 Å². The molecule has 82 valence electrons. The lowest BCUT2D eigenvalue weighted by Gasteiger charge is -2.18. The molecule has 0 saturated heterocycles. The summed E-state index contributed by atoms with van der Waals surface area (Å²) in [6.45, 7) is 3.93. The van der Waals surface area contributed by atoms with Crippen LogP contribution in [-0.2, 0) is 9.53 Å². The van der Waals surface area contributed by atoms with Gasteiger partial charge >= 0.3 is 5.97 Å². The van der Waals surface area contributed by atoms with Gasteiger partial charge in [0.1, 0.15) is 5.75 Å². The molecule has 0 aliphatic carbocycles. The first kappa shape index (κ1) is 11.6. The van der Waals surface area contributed by atoms with Crippen LogP contribution in [-0.4, -0.2) is 18.2 Å². The highest BCUT2D eigenvalue weighted by atomic mass is 16.5. The van der Waals surface area contributed by atoms with Gasteiger partial charge in [-0.1, -0.05) is 26.0 Å². The Morgan fingerprint density at radius 2 is 1.80 bits per heavy atom. The molecule has 0 aliphatic rings. The Kier molecular flexibility index (Phi) is 3.72. The van der Waals surface area contributed by atoms with Gasteiger partial charge in [-0.15, -0.1) is 0 Å². The van der Waals surface area contributed by atoms with Crippen molar-refractivity contribution in [3.63, 3.8) is 0 Å². The second kappa shape index (κ2) is 4.82. The molecule has 0 spiro atoms. The van der Waals surface area contributed by atoms with E-state index in [0.717, 1.165) is 5.56 Å². The fraction of sp³-hybridized carbons (Fsp3) is 0.417. The topological polar surface area (TPSA) is 46.5 Å². The summed E-state index contributed by atoms with van der Waals surface area (Å²) in [5.74, 6) is -0.139. The zero-order valence-electron chi connectivity index (χ0n) is 9.23. The number of rotatable bonds is 3. The molecule has 0 saturated carbocycles. The molecule has 0 unspecified atom stereocenters. The van der Waals surface area contributed by atoms with Crippen molar-refractivity contribution >= 4 is 5.97 Å². The summed E-state index contributed by atoms with van der Waals surface area (Å²) in [5.41, 5.74) is 0.870. The molecule has 1 aromatic carbocycles. The molecule has 1 atom stereocenters. The average molecular weight is 208 g/mol. The van der Waals surface area contributed by atoms with Crippen molar-refractivity contribution in [3.8, 4) is 5.75 Å². The number of phenolic OH excluding ortho intramolecular Hbond substituents is 1. The minimum absolute atomic E-state index is 0.169. The maximum Gasteiger partial charge on any atom is 0.313 e. The predicted octanol–water partition coefficient (Wildman–Crippen LogP) is 2.30. The number of esters is 1. The summed E-state index contributed by atoms with van der Waals surface area (Å²) in [6.07, 6.45) is 0. The molecule has 0 fully saturated rings. The molecule has 0 heterocycles. The number of ether oxygens (including phenoxy) is 1. The maximum atomic E-state index is 11.6. The Hall–Kier alpha value is -1.51. The summed E-state index contributed by atoms with van der Waals surface area (Å²) < 4.78 is 4.76. The van der Waals surface area contributed by atoms with Crippen molar-refractivity contribution in [1.29, 1.82) is 0 Å². The van der Waals surface area contributed by atoms with Gasteiger partial charge in [0.15, 0.2) is 0 Å². The lowest BCUT2D eigenvalue weighted by molar-refractivity contribution is -0.143. The van der Waals surface area contributed by atoms with Crippen LogP contribution in [0.15, 0.2) is 24.3 Å². The van der Waals surface area contributed by atoms with Gasteiger partial charge in [0, 0.05) is 0 Å². The van der Waals surface area contributed by atoms with Crippen LogP contribution in [0.25, 0.3) is 0 Å². The molecular formula is C12H16O3. The van der Waals surface area contributed by atoms with Crippen LogP contribution in [0, 0.1) is 5.92 Å². The number of phenols is 1. The van der Waals surface area contributed by atoms with Crippen LogP contribution in [0.5, 0.6) is 5.75 Å². The number of aromatic hydroxyl groups is 1. The lowest BCUT2D eigenvalue weighted by atomic mass is 9.88. The van der Waals surface area contributed by atoms with Crippen molar-refractivity contribution < 1.29 is 14.6 Å². The minimum Gasteiger partial charge on any atom is -0.508 e. The average Bonchev–Trinajstić information content (AvgIpc) is 2.20. The van der Waals surface area contributed by atoms with Crippen LogP contribution in [0.2, 0.25) is 0 Å². The number of benzene rings is 1. The lowest BCUT2D eigenvalue weighted by Crippen LogP contribution is -2.19. The van der Waals surface area contributed by atoms with E-state index in [1.54, 1.807) is 24.3 Å². The van der Waals surface area contributed by atoms with E-state index in [2.05, 4.69) is 0 Å². The van der Waals surface area contributed by atoms with Crippen molar-refractivity contribution in [3.05, 3.63) is 29.8 Å². The van der Waals surface area contributed by atoms with Crippen molar-refractivity contribution in [2.75, 3.05) is 7.11 Å².